The smallest absolute Gasteiger partial charge is 0.259 e. The predicted octanol–water partition coefficient (Wildman–Crippen LogP) is 3.68. The Labute approximate surface area is 208 Å². The van der Waals surface area contributed by atoms with Gasteiger partial charge in [0.05, 0.1) is 34.1 Å². The zero-order valence-electron chi connectivity index (χ0n) is 19.0. The molecule has 0 fully saturated rings. The number of fused-ring (bicyclic) bond motifs is 2. The van der Waals surface area contributed by atoms with E-state index in [-0.39, 0.29) is 39.7 Å². The van der Waals surface area contributed by atoms with Crippen LogP contribution >= 0.6 is 11.6 Å². The number of hydrogen-bond donors (Lipinski definition) is 1. The van der Waals surface area contributed by atoms with E-state index < -0.39 is 27.9 Å². The van der Waals surface area contributed by atoms with Crippen molar-refractivity contribution in [1.29, 1.82) is 0 Å². The maximum absolute atomic E-state index is 13.6. The second-order valence-corrected chi connectivity index (χ2v) is 10.1. The van der Waals surface area contributed by atoms with Crippen molar-refractivity contribution in [1.82, 2.24) is 5.32 Å². The van der Waals surface area contributed by atoms with Crippen molar-refractivity contribution in [3.63, 3.8) is 0 Å². The van der Waals surface area contributed by atoms with Gasteiger partial charge in [-0.05, 0) is 48.0 Å². The number of benzene rings is 3. The van der Waals surface area contributed by atoms with Gasteiger partial charge in [0.15, 0.2) is 6.29 Å². The number of anilines is 1. The van der Waals surface area contributed by atoms with Gasteiger partial charge < -0.3 is 19.7 Å². The monoisotopic (exact) mass is 514 g/mol. The van der Waals surface area contributed by atoms with Crippen molar-refractivity contribution in [2.45, 2.75) is 22.6 Å². The molecular weight excluding hydrogens is 492 g/mol. The Morgan fingerprint density at radius 3 is 2.46 bits per heavy atom. The van der Waals surface area contributed by atoms with E-state index in [0.29, 0.717) is 10.6 Å². The van der Waals surface area contributed by atoms with E-state index >= 15 is 0 Å². The van der Waals surface area contributed by atoms with Crippen LogP contribution in [0.1, 0.15) is 26.3 Å². The van der Waals surface area contributed by atoms with Crippen LogP contribution in [0.25, 0.3) is 0 Å². The molecule has 182 valence electrons. The average Bonchev–Trinajstić information content (AvgIpc) is 2.92. The number of carbonyl (C=O) groups is 2. The number of methoxy groups -OCH3 is 2. The number of amides is 2. The first-order chi connectivity index (χ1) is 16.8. The molecule has 1 heterocycles. The van der Waals surface area contributed by atoms with E-state index in [9.17, 15) is 18.0 Å². The van der Waals surface area contributed by atoms with E-state index in [2.05, 4.69) is 5.32 Å². The number of nitrogens with zero attached hydrogens (tertiary/aromatic N) is 1. The highest BCUT2D eigenvalue weighted by molar-refractivity contribution is 7.91. The molecule has 0 aliphatic carbocycles. The molecule has 0 aromatic heterocycles. The number of nitrogens with one attached hydrogen (secondary N) is 1. The van der Waals surface area contributed by atoms with Gasteiger partial charge in [0.25, 0.3) is 11.8 Å². The maximum Gasteiger partial charge on any atom is 0.259 e. The van der Waals surface area contributed by atoms with Gasteiger partial charge in [-0.1, -0.05) is 35.9 Å². The molecule has 0 atom stereocenters. The lowest BCUT2D eigenvalue weighted by atomic mass is 10.1. The highest BCUT2D eigenvalue weighted by Gasteiger charge is 2.36. The Kier molecular flexibility index (Phi) is 7.23. The lowest BCUT2D eigenvalue weighted by molar-refractivity contribution is -0.0974. The second kappa shape index (κ2) is 10.2. The van der Waals surface area contributed by atoms with Crippen molar-refractivity contribution in [3.05, 3.63) is 88.4 Å². The molecule has 1 aliphatic rings. The molecule has 0 radical (unpaired) electrons. The predicted molar refractivity (Wildman–Crippen MR) is 130 cm³/mol. The normalized spacial score (nSPS) is 14.3. The van der Waals surface area contributed by atoms with E-state index in [1.807, 2.05) is 0 Å². The molecule has 8 nitrogen and oxygen atoms in total. The Morgan fingerprint density at radius 2 is 1.74 bits per heavy atom. The molecule has 4 rings (SSSR count). The molecule has 0 saturated heterocycles. The summed E-state index contributed by atoms with van der Waals surface area (Å²) >= 11 is 6.14. The number of sulfone groups is 1. The molecule has 0 spiro atoms. The van der Waals surface area contributed by atoms with Crippen LogP contribution in [0.5, 0.6) is 0 Å². The molecule has 35 heavy (non-hydrogen) atoms. The van der Waals surface area contributed by atoms with Crippen LogP contribution in [0.3, 0.4) is 0 Å². The largest absolute Gasteiger partial charge is 0.354 e. The fraction of sp³-hybridized carbons (Fsp3) is 0.200. The van der Waals surface area contributed by atoms with Crippen LogP contribution in [0.15, 0.2) is 76.5 Å². The first-order valence-electron chi connectivity index (χ1n) is 10.6. The van der Waals surface area contributed by atoms with Crippen LogP contribution < -0.4 is 10.2 Å². The van der Waals surface area contributed by atoms with E-state index in [1.165, 1.54) is 49.5 Å². The topological polar surface area (TPSA) is 102 Å². The van der Waals surface area contributed by atoms with Crippen molar-refractivity contribution in [2.75, 3.05) is 25.7 Å². The van der Waals surface area contributed by atoms with Crippen molar-refractivity contribution >= 4 is 38.9 Å². The zero-order valence-corrected chi connectivity index (χ0v) is 20.6. The number of rotatable bonds is 7. The van der Waals surface area contributed by atoms with Gasteiger partial charge in [-0.25, -0.2) is 8.42 Å². The van der Waals surface area contributed by atoms with Gasteiger partial charge >= 0.3 is 0 Å². The lowest BCUT2D eigenvalue weighted by Crippen LogP contribution is -2.34. The fourth-order valence-corrected chi connectivity index (χ4v) is 5.71. The van der Waals surface area contributed by atoms with Crippen molar-refractivity contribution in [2.24, 2.45) is 0 Å². The summed E-state index contributed by atoms with van der Waals surface area (Å²) in [5.74, 6) is -0.972. The van der Waals surface area contributed by atoms with Crippen LogP contribution in [0.4, 0.5) is 5.69 Å². The van der Waals surface area contributed by atoms with Crippen LogP contribution in [0, 0.1) is 0 Å². The second-order valence-electron chi connectivity index (χ2n) is 7.81. The highest BCUT2D eigenvalue weighted by Crippen LogP contribution is 2.38. The van der Waals surface area contributed by atoms with Crippen LogP contribution in [-0.2, 0) is 25.9 Å². The standard InChI is InChI=1S/C25H23ClN2O6S/c1-33-23(34-2)14-27-24(29)17-10-11-22-20(13-17)28(15-16-6-5-7-18(26)12-16)25(30)19-8-3-4-9-21(19)35(22,31)32/h3-13,23H,14-15H2,1-2H3,(H,27,29). The van der Waals surface area contributed by atoms with E-state index in [4.69, 9.17) is 21.1 Å². The van der Waals surface area contributed by atoms with Crippen LogP contribution in [-0.4, -0.2) is 47.3 Å². The Balaban J connectivity index is 1.83. The molecule has 3 aromatic rings. The Morgan fingerprint density at radius 1 is 1.00 bits per heavy atom. The van der Waals surface area contributed by atoms with Crippen molar-refractivity contribution < 1.29 is 27.5 Å². The van der Waals surface area contributed by atoms with Crippen molar-refractivity contribution in [3.8, 4) is 0 Å². The highest BCUT2D eigenvalue weighted by atomic mass is 35.5. The first kappa shape index (κ1) is 24.9. The third-order valence-corrected chi connectivity index (χ3v) is 7.73. The Bertz CT molecular complexity index is 1390. The SMILES string of the molecule is COC(CNC(=O)c1ccc2c(c1)N(Cc1cccc(Cl)c1)C(=O)c1ccccc1S2(=O)=O)OC. The van der Waals surface area contributed by atoms with E-state index in [0.717, 1.165) is 0 Å². The minimum absolute atomic E-state index is 0.0523. The number of carbonyl (C=O) groups excluding carboxylic acids is 2. The van der Waals surface area contributed by atoms with Gasteiger partial charge in [-0.3, -0.25) is 9.59 Å². The number of hydrogen-bond acceptors (Lipinski definition) is 6. The van der Waals surface area contributed by atoms with E-state index in [1.54, 1.807) is 36.4 Å². The quantitative estimate of drug-likeness (QED) is 0.482. The summed E-state index contributed by atoms with van der Waals surface area (Å²) in [4.78, 5) is 27.7. The fourth-order valence-electron chi connectivity index (χ4n) is 3.86. The molecule has 1 aliphatic heterocycles. The van der Waals surface area contributed by atoms with Gasteiger partial charge in [0.2, 0.25) is 9.84 Å². The molecule has 3 aromatic carbocycles. The minimum Gasteiger partial charge on any atom is -0.354 e. The third kappa shape index (κ3) is 4.94. The first-order valence-corrected chi connectivity index (χ1v) is 12.5. The summed E-state index contributed by atoms with van der Waals surface area (Å²) in [5.41, 5.74) is 1.04. The number of halogens is 1. The average molecular weight is 515 g/mol. The maximum atomic E-state index is 13.6. The minimum atomic E-state index is -4.04. The zero-order chi connectivity index (χ0) is 25.2. The van der Waals surface area contributed by atoms with Gasteiger partial charge in [-0.15, -0.1) is 0 Å². The molecule has 0 bridgehead atoms. The summed E-state index contributed by atoms with van der Waals surface area (Å²) in [7, 11) is -1.14. The summed E-state index contributed by atoms with van der Waals surface area (Å²) in [6, 6.07) is 17.2. The molecule has 10 heteroatoms. The molecule has 0 saturated carbocycles. The molecule has 2 amide bonds. The summed E-state index contributed by atoms with van der Waals surface area (Å²) < 4.78 is 37.3. The van der Waals surface area contributed by atoms with Crippen LogP contribution in [0.2, 0.25) is 5.02 Å². The van der Waals surface area contributed by atoms with Gasteiger partial charge in [0.1, 0.15) is 0 Å². The third-order valence-electron chi connectivity index (χ3n) is 5.64. The van der Waals surface area contributed by atoms with Gasteiger partial charge in [0, 0.05) is 24.8 Å². The summed E-state index contributed by atoms with van der Waals surface area (Å²) in [5, 5.41) is 3.17. The summed E-state index contributed by atoms with van der Waals surface area (Å²) in [6.45, 7) is 0.133. The molecular formula is C25H23ClN2O6S. The molecule has 1 N–H and O–H groups in total. The summed E-state index contributed by atoms with van der Waals surface area (Å²) in [6.07, 6.45) is -0.643. The molecule has 0 unspecified atom stereocenters. The Hall–Kier alpha value is -3.24. The number of ether oxygens (including phenoxy) is 2. The van der Waals surface area contributed by atoms with Gasteiger partial charge in [-0.2, -0.15) is 0 Å². The lowest BCUT2D eigenvalue weighted by Gasteiger charge is -2.24.